The number of ether oxygens (including phenoxy) is 1. The molecule has 0 aliphatic carbocycles. The molecule has 2 rings (SSSR count). The summed E-state index contributed by atoms with van der Waals surface area (Å²) in [5, 5.41) is 3.56. The van der Waals surface area contributed by atoms with E-state index in [4.69, 9.17) is 4.74 Å². The fourth-order valence-electron chi connectivity index (χ4n) is 3.03. The zero-order valence-electron chi connectivity index (χ0n) is 11.5. The van der Waals surface area contributed by atoms with Crippen molar-refractivity contribution in [2.45, 2.75) is 37.5 Å². The standard InChI is InChI=1S/C13H27N3O/c1-15-6-4-12(5-7-15)16(2)10-11-8-13(17-3)9-14-11/h11-14H,4-10H2,1-3H3/t11-,13-/m0/s1. The van der Waals surface area contributed by atoms with E-state index in [2.05, 4.69) is 29.2 Å². The summed E-state index contributed by atoms with van der Waals surface area (Å²) in [6.45, 7) is 4.66. The number of hydrogen-bond donors (Lipinski definition) is 1. The fraction of sp³-hybridized carbons (Fsp3) is 1.00. The van der Waals surface area contributed by atoms with Gasteiger partial charge in [-0.25, -0.2) is 0 Å². The van der Waals surface area contributed by atoms with Gasteiger partial charge in [-0.15, -0.1) is 0 Å². The highest BCUT2D eigenvalue weighted by molar-refractivity contribution is 4.86. The Morgan fingerprint density at radius 1 is 1.35 bits per heavy atom. The number of methoxy groups -OCH3 is 1. The second-order valence-electron chi connectivity index (χ2n) is 5.67. The van der Waals surface area contributed by atoms with E-state index in [1.165, 1.54) is 25.9 Å². The zero-order chi connectivity index (χ0) is 12.3. The molecule has 2 aliphatic heterocycles. The maximum Gasteiger partial charge on any atom is 0.0711 e. The molecule has 0 aromatic carbocycles. The van der Waals surface area contributed by atoms with Gasteiger partial charge >= 0.3 is 0 Å². The van der Waals surface area contributed by atoms with E-state index in [0.717, 1.165) is 25.6 Å². The number of likely N-dealkylation sites (N-methyl/N-ethyl adjacent to an activating group) is 1. The van der Waals surface area contributed by atoms with Gasteiger partial charge in [0.05, 0.1) is 6.10 Å². The van der Waals surface area contributed by atoms with Gasteiger partial charge in [-0.3, -0.25) is 0 Å². The molecule has 0 radical (unpaired) electrons. The van der Waals surface area contributed by atoms with Gasteiger partial charge in [0.25, 0.3) is 0 Å². The van der Waals surface area contributed by atoms with Gasteiger partial charge in [0.15, 0.2) is 0 Å². The van der Waals surface area contributed by atoms with Crippen LogP contribution < -0.4 is 5.32 Å². The first-order chi connectivity index (χ1) is 8.19. The maximum atomic E-state index is 5.39. The van der Waals surface area contributed by atoms with E-state index in [9.17, 15) is 0 Å². The van der Waals surface area contributed by atoms with Crippen molar-refractivity contribution in [2.24, 2.45) is 0 Å². The largest absolute Gasteiger partial charge is 0.380 e. The topological polar surface area (TPSA) is 27.7 Å². The highest BCUT2D eigenvalue weighted by Gasteiger charge is 2.27. The average Bonchev–Trinajstić information content (AvgIpc) is 2.77. The van der Waals surface area contributed by atoms with Crippen molar-refractivity contribution in [1.29, 1.82) is 0 Å². The molecule has 100 valence electrons. The normalized spacial score (nSPS) is 32.5. The third-order valence-corrected chi connectivity index (χ3v) is 4.33. The van der Waals surface area contributed by atoms with Crippen LogP contribution >= 0.6 is 0 Å². The van der Waals surface area contributed by atoms with E-state index < -0.39 is 0 Å². The highest BCUT2D eigenvalue weighted by atomic mass is 16.5. The number of rotatable bonds is 4. The Labute approximate surface area is 105 Å². The van der Waals surface area contributed by atoms with E-state index in [1.54, 1.807) is 0 Å². The summed E-state index contributed by atoms with van der Waals surface area (Å²) < 4.78 is 5.39. The zero-order valence-corrected chi connectivity index (χ0v) is 11.5. The number of nitrogens with one attached hydrogen (secondary N) is 1. The molecule has 1 N–H and O–H groups in total. The fourth-order valence-corrected chi connectivity index (χ4v) is 3.03. The monoisotopic (exact) mass is 241 g/mol. The molecule has 2 heterocycles. The molecule has 0 spiro atoms. The molecule has 2 fully saturated rings. The van der Waals surface area contributed by atoms with Gasteiger partial charge in [-0.2, -0.15) is 0 Å². The summed E-state index contributed by atoms with van der Waals surface area (Å²) in [5.74, 6) is 0. The summed E-state index contributed by atoms with van der Waals surface area (Å²) in [5.41, 5.74) is 0. The maximum absolute atomic E-state index is 5.39. The van der Waals surface area contributed by atoms with Crippen molar-refractivity contribution in [3.63, 3.8) is 0 Å². The van der Waals surface area contributed by atoms with E-state index in [-0.39, 0.29) is 0 Å². The lowest BCUT2D eigenvalue weighted by Gasteiger charge is -2.36. The molecule has 0 amide bonds. The van der Waals surface area contributed by atoms with E-state index >= 15 is 0 Å². The van der Waals surface area contributed by atoms with Crippen molar-refractivity contribution < 1.29 is 4.74 Å². The SMILES string of the molecule is CO[C@@H]1CN[C@H](CN(C)C2CCN(C)CC2)C1. The third-order valence-electron chi connectivity index (χ3n) is 4.33. The Balaban J connectivity index is 1.72. The molecule has 17 heavy (non-hydrogen) atoms. The molecular weight excluding hydrogens is 214 g/mol. The first kappa shape index (κ1) is 13.3. The summed E-state index contributed by atoms with van der Waals surface area (Å²) >= 11 is 0. The van der Waals surface area contributed by atoms with Gasteiger partial charge in [-0.05, 0) is 46.4 Å². The minimum absolute atomic E-state index is 0.422. The van der Waals surface area contributed by atoms with Crippen LogP contribution in [0.3, 0.4) is 0 Å². The smallest absolute Gasteiger partial charge is 0.0711 e. The lowest BCUT2D eigenvalue weighted by Crippen LogP contribution is -2.46. The van der Waals surface area contributed by atoms with Crippen molar-refractivity contribution in [3.8, 4) is 0 Å². The van der Waals surface area contributed by atoms with Crippen molar-refractivity contribution in [3.05, 3.63) is 0 Å². The van der Waals surface area contributed by atoms with Crippen LogP contribution in [0.5, 0.6) is 0 Å². The Morgan fingerprint density at radius 3 is 2.65 bits per heavy atom. The van der Waals surface area contributed by atoms with Crippen LogP contribution in [0.15, 0.2) is 0 Å². The Morgan fingerprint density at radius 2 is 2.06 bits per heavy atom. The van der Waals surface area contributed by atoms with Gasteiger partial charge < -0.3 is 19.9 Å². The Bertz CT molecular complexity index is 229. The predicted molar refractivity (Wildman–Crippen MR) is 70.4 cm³/mol. The van der Waals surface area contributed by atoms with Gasteiger partial charge in [0, 0.05) is 32.3 Å². The summed E-state index contributed by atoms with van der Waals surface area (Å²) in [7, 11) is 6.31. The van der Waals surface area contributed by atoms with Crippen LogP contribution in [0.1, 0.15) is 19.3 Å². The van der Waals surface area contributed by atoms with E-state index in [0.29, 0.717) is 12.1 Å². The second kappa shape index (κ2) is 6.14. The van der Waals surface area contributed by atoms with Crippen molar-refractivity contribution >= 4 is 0 Å². The molecule has 2 atom stereocenters. The lowest BCUT2D eigenvalue weighted by atomic mass is 10.0. The molecule has 4 nitrogen and oxygen atoms in total. The molecule has 2 saturated heterocycles. The summed E-state index contributed by atoms with van der Waals surface area (Å²) in [6.07, 6.45) is 4.21. The quantitative estimate of drug-likeness (QED) is 0.770. The van der Waals surface area contributed by atoms with Crippen molar-refractivity contribution in [1.82, 2.24) is 15.1 Å². The first-order valence-electron chi connectivity index (χ1n) is 6.84. The number of likely N-dealkylation sites (tertiary alicyclic amines) is 1. The van der Waals surface area contributed by atoms with Gasteiger partial charge in [0.2, 0.25) is 0 Å². The molecular formula is C13H27N3O. The number of nitrogens with zero attached hydrogens (tertiary/aromatic N) is 2. The molecule has 0 bridgehead atoms. The molecule has 0 aromatic heterocycles. The Kier molecular flexibility index (Phi) is 4.79. The van der Waals surface area contributed by atoms with E-state index in [1.807, 2.05) is 7.11 Å². The lowest BCUT2D eigenvalue weighted by molar-refractivity contribution is 0.110. The molecule has 4 heteroatoms. The summed E-state index contributed by atoms with van der Waals surface area (Å²) in [4.78, 5) is 4.97. The average molecular weight is 241 g/mol. The molecule has 0 saturated carbocycles. The van der Waals surface area contributed by atoms with Crippen molar-refractivity contribution in [2.75, 3.05) is 47.4 Å². The molecule has 2 aliphatic rings. The van der Waals surface area contributed by atoms with Crippen LogP contribution in [0, 0.1) is 0 Å². The van der Waals surface area contributed by atoms with Crippen LogP contribution in [-0.2, 0) is 4.74 Å². The molecule has 0 aromatic rings. The van der Waals surface area contributed by atoms with Crippen LogP contribution in [-0.4, -0.2) is 75.4 Å². The predicted octanol–water partition coefficient (Wildman–Crippen LogP) is 0.389. The minimum Gasteiger partial charge on any atom is -0.380 e. The van der Waals surface area contributed by atoms with Crippen LogP contribution in [0.2, 0.25) is 0 Å². The minimum atomic E-state index is 0.422. The number of piperidine rings is 1. The Hall–Kier alpha value is -0.160. The van der Waals surface area contributed by atoms with Gasteiger partial charge in [0.1, 0.15) is 0 Å². The van der Waals surface area contributed by atoms with Gasteiger partial charge in [-0.1, -0.05) is 0 Å². The number of hydrogen-bond acceptors (Lipinski definition) is 4. The summed E-state index contributed by atoms with van der Waals surface area (Å²) in [6, 6.07) is 1.39. The van der Waals surface area contributed by atoms with Crippen LogP contribution in [0.4, 0.5) is 0 Å². The third kappa shape index (κ3) is 3.65. The molecule has 0 unspecified atom stereocenters. The first-order valence-corrected chi connectivity index (χ1v) is 6.84. The second-order valence-corrected chi connectivity index (χ2v) is 5.67. The highest BCUT2D eigenvalue weighted by Crippen LogP contribution is 2.17. The van der Waals surface area contributed by atoms with Crippen LogP contribution in [0.25, 0.3) is 0 Å².